The first-order chi connectivity index (χ1) is 33.1. The minimum atomic E-state index is -2.07. The van der Waals surface area contributed by atoms with Gasteiger partial charge in [-0.3, -0.25) is 29.3 Å². The maximum absolute atomic E-state index is 14.5. The number of ether oxygens (including phenoxy) is 8. The Bertz CT molecular complexity index is 1940. The summed E-state index contributed by atoms with van der Waals surface area (Å²) in [6, 6.07) is 4.42. The minimum Gasteiger partial charge on any atom is -0.459 e. The van der Waals surface area contributed by atoms with E-state index in [0.717, 1.165) is 0 Å². The first-order valence-corrected chi connectivity index (χ1v) is 24.5. The normalized spacial score (nSPS) is 38.8. The molecule has 0 unspecified atom stereocenters. The smallest absolute Gasteiger partial charge is 0.311 e. The molecule has 22 heteroatoms. The molecule has 1 aromatic rings. The highest BCUT2D eigenvalue weighted by Gasteiger charge is 2.54. The van der Waals surface area contributed by atoms with Crippen molar-refractivity contribution in [2.75, 3.05) is 46.7 Å². The van der Waals surface area contributed by atoms with Crippen LogP contribution in [0.4, 0.5) is 11.4 Å². The molecule has 3 fully saturated rings. The molecule has 0 aromatic heterocycles. The van der Waals surface area contributed by atoms with Crippen LogP contribution in [0.3, 0.4) is 0 Å². The number of anilines is 1. The fraction of sp³-hybridized carbons (Fsp3) is 0.796. The van der Waals surface area contributed by atoms with Crippen LogP contribution in [0.1, 0.15) is 101 Å². The van der Waals surface area contributed by atoms with Crippen LogP contribution in [-0.4, -0.2) is 181 Å². The number of hydrogen-bond acceptors (Lipinski definition) is 19. The third kappa shape index (κ3) is 14.9. The van der Waals surface area contributed by atoms with Crippen molar-refractivity contribution in [1.82, 2.24) is 15.5 Å². The Morgan fingerprint density at radius 3 is 2.13 bits per heavy atom. The maximum Gasteiger partial charge on any atom is 0.311 e. The van der Waals surface area contributed by atoms with E-state index in [1.165, 1.54) is 52.3 Å². The van der Waals surface area contributed by atoms with E-state index in [4.69, 9.17) is 37.9 Å². The van der Waals surface area contributed by atoms with Crippen molar-refractivity contribution in [3.8, 4) is 0 Å². The van der Waals surface area contributed by atoms with Gasteiger partial charge in [-0.15, -0.1) is 0 Å². The number of esters is 2. The molecular weight excluding hydrogens is 931 g/mol. The van der Waals surface area contributed by atoms with E-state index in [0.29, 0.717) is 12.1 Å². The molecule has 6 N–H and O–H groups in total. The van der Waals surface area contributed by atoms with Crippen LogP contribution in [0.15, 0.2) is 24.3 Å². The zero-order valence-corrected chi connectivity index (χ0v) is 43.9. The number of aliphatic hydroxyl groups is 3. The summed E-state index contributed by atoms with van der Waals surface area (Å²) in [6.45, 7) is 16.7. The predicted molar refractivity (Wildman–Crippen MR) is 258 cm³/mol. The lowest BCUT2D eigenvalue weighted by Gasteiger charge is -2.50. The van der Waals surface area contributed by atoms with Gasteiger partial charge in [0.2, 0.25) is 11.8 Å². The van der Waals surface area contributed by atoms with Gasteiger partial charge in [0.25, 0.3) is 5.69 Å². The van der Waals surface area contributed by atoms with E-state index in [9.17, 15) is 44.6 Å². The lowest BCUT2D eigenvalue weighted by Crippen LogP contribution is -2.61. The van der Waals surface area contributed by atoms with Crippen LogP contribution in [0.5, 0.6) is 0 Å². The van der Waals surface area contributed by atoms with Crippen molar-refractivity contribution >= 4 is 35.1 Å². The SMILES string of the molecule is CC[C@H]1OC(=O)[C@H](C)[C@@H](O[C@H]2C[C@@](C)(OC)[C@@H](OC(=O)CCNCC(=O)Nc3ccc([N+](=O)[O-])cc3)[C@H](C)O2)[C@H](C)[C@@H](O[C@@H]2O[C@H](C)C[C@H](N(C)C)[C@H]2O)[C@](C)(OC)C[C@@H](C)NC(=O)[C@H](C)[C@@H](O)[C@]1(C)O. The number of cyclic esters (lactones) is 1. The molecular formula is C49H81N5O17. The average Bonchev–Trinajstić information content (AvgIpc) is 3.31. The average molecular weight is 1010 g/mol. The zero-order valence-electron chi connectivity index (χ0n) is 43.9. The summed E-state index contributed by atoms with van der Waals surface area (Å²) in [6.07, 6.45) is -9.97. The highest BCUT2D eigenvalue weighted by molar-refractivity contribution is 5.92. The van der Waals surface area contributed by atoms with Gasteiger partial charge < -0.3 is 74.1 Å². The quantitative estimate of drug-likeness (QED) is 0.0601. The molecule has 3 heterocycles. The molecule has 0 spiro atoms. The third-order valence-electron chi connectivity index (χ3n) is 14.5. The summed E-state index contributed by atoms with van der Waals surface area (Å²) < 4.78 is 50.9. The van der Waals surface area contributed by atoms with Crippen LogP contribution in [0.2, 0.25) is 0 Å². The summed E-state index contributed by atoms with van der Waals surface area (Å²) in [5.74, 6) is -5.46. The number of methoxy groups -OCH3 is 2. The molecule has 3 aliphatic rings. The number of carbonyl (C=O) groups is 4. The standard InChI is InChI=1S/C49H81N5O17/c1-15-35-49(10,61)41(58)30(6)44(59)51-26(2)23-47(8,64-13)42(71-46-39(57)34(53(11)12)22-27(3)66-46)28(4)40(29(5)45(60)68-35)70-38-24-48(9,65-14)43(31(7)67-38)69-37(56)20-21-50-25-36(55)52-32-16-18-33(19-17-32)54(62)63/h16-19,26-31,34-35,38-43,46,50,57-58,61H,15,20-25H2,1-14H3,(H,51,59)(H,52,55)/t26-,27-,28+,29-,30-,31+,34+,35-,38+,39-,40+,41-,42-,43+,46+,47-,48-,49-/m1/s1. The number of nitro benzene ring substituents is 1. The number of hydrogen-bond donors (Lipinski definition) is 6. The number of non-ortho nitro benzene ring substituents is 1. The molecule has 0 aliphatic carbocycles. The van der Waals surface area contributed by atoms with Gasteiger partial charge in [0, 0.05) is 63.0 Å². The Morgan fingerprint density at radius 2 is 1.55 bits per heavy atom. The van der Waals surface area contributed by atoms with Gasteiger partial charge in [-0.2, -0.15) is 0 Å². The van der Waals surface area contributed by atoms with E-state index >= 15 is 0 Å². The lowest BCUT2D eigenvalue weighted by molar-refractivity contribution is -0.384. The van der Waals surface area contributed by atoms with Crippen LogP contribution in [0, 0.1) is 27.9 Å². The second-order valence-electron chi connectivity index (χ2n) is 20.5. The van der Waals surface area contributed by atoms with Gasteiger partial charge in [-0.25, -0.2) is 0 Å². The largest absolute Gasteiger partial charge is 0.459 e. The number of benzene rings is 1. The minimum absolute atomic E-state index is 0.00314. The number of nitrogens with zero attached hydrogens (tertiary/aromatic N) is 2. The molecule has 2 amide bonds. The molecule has 3 saturated heterocycles. The summed E-state index contributed by atoms with van der Waals surface area (Å²) in [4.78, 5) is 66.3. The molecule has 0 saturated carbocycles. The molecule has 71 heavy (non-hydrogen) atoms. The molecule has 404 valence electrons. The van der Waals surface area contributed by atoms with Crippen LogP contribution in [0.25, 0.3) is 0 Å². The number of nitrogens with one attached hydrogen (secondary N) is 3. The summed E-state index contributed by atoms with van der Waals surface area (Å²) >= 11 is 0. The van der Waals surface area contributed by atoms with Crippen LogP contribution < -0.4 is 16.0 Å². The number of likely N-dealkylation sites (N-methyl/N-ethyl adjacent to an activating group) is 1. The first-order valence-electron chi connectivity index (χ1n) is 24.5. The highest BCUT2D eigenvalue weighted by Crippen LogP contribution is 2.41. The number of carbonyl (C=O) groups excluding carboxylic acids is 4. The number of nitro groups is 1. The van der Waals surface area contributed by atoms with Gasteiger partial charge >= 0.3 is 11.9 Å². The van der Waals surface area contributed by atoms with E-state index in [2.05, 4.69) is 16.0 Å². The van der Waals surface area contributed by atoms with Gasteiger partial charge in [-0.05, 0) is 94.0 Å². The zero-order chi connectivity index (χ0) is 53.3. The van der Waals surface area contributed by atoms with Crippen LogP contribution >= 0.6 is 0 Å². The molecule has 22 nitrogen and oxygen atoms in total. The Labute approximate surface area is 417 Å². The van der Waals surface area contributed by atoms with E-state index < -0.39 is 125 Å². The Kier molecular flexibility index (Phi) is 21.3. The van der Waals surface area contributed by atoms with E-state index in [1.54, 1.807) is 48.5 Å². The second kappa shape index (κ2) is 25.3. The van der Waals surface area contributed by atoms with Crippen LogP contribution in [-0.2, 0) is 57.1 Å². The van der Waals surface area contributed by atoms with E-state index in [-0.39, 0.29) is 56.6 Å². The van der Waals surface area contributed by atoms with Gasteiger partial charge in [0.05, 0.1) is 65.8 Å². The topological polar surface area (TPSA) is 285 Å². The summed E-state index contributed by atoms with van der Waals surface area (Å²) in [5, 5.41) is 54.4. The number of aliphatic hydroxyl groups excluding tert-OH is 2. The molecule has 0 bridgehead atoms. The van der Waals surface area contributed by atoms with Crippen molar-refractivity contribution in [3.63, 3.8) is 0 Å². The number of rotatable bonds is 16. The van der Waals surface area contributed by atoms with Gasteiger partial charge in [0.1, 0.15) is 23.4 Å². The van der Waals surface area contributed by atoms with Crippen molar-refractivity contribution in [2.45, 2.75) is 192 Å². The summed E-state index contributed by atoms with van der Waals surface area (Å²) in [5.41, 5.74) is -4.31. The fourth-order valence-corrected chi connectivity index (χ4v) is 10.1. The first kappa shape index (κ1) is 59.6. The van der Waals surface area contributed by atoms with Gasteiger partial charge in [0.15, 0.2) is 18.7 Å². The van der Waals surface area contributed by atoms with E-state index in [1.807, 2.05) is 25.9 Å². The van der Waals surface area contributed by atoms with Crippen molar-refractivity contribution in [2.24, 2.45) is 17.8 Å². The summed E-state index contributed by atoms with van der Waals surface area (Å²) in [7, 11) is 6.67. The molecule has 1 aromatic carbocycles. The Hall–Kier alpha value is -3.94. The van der Waals surface area contributed by atoms with Crippen molar-refractivity contribution in [1.29, 1.82) is 0 Å². The molecule has 0 radical (unpaired) electrons. The molecule has 4 rings (SSSR count). The maximum atomic E-state index is 14.5. The Morgan fingerprint density at radius 1 is 0.930 bits per heavy atom. The molecule has 18 atom stereocenters. The Balaban J connectivity index is 1.64. The predicted octanol–water partition coefficient (Wildman–Crippen LogP) is 2.82. The highest BCUT2D eigenvalue weighted by atomic mass is 16.7. The van der Waals surface area contributed by atoms with Crippen molar-refractivity contribution in [3.05, 3.63) is 34.4 Å². The van der Waals surface area contributed by atoms with Gasteiger partial charge in [-0.1, -0.05) is 20.8 Å². The van der Waals surface area contributed by atoms with Crippen molar-refractivity contribution < 1.29 is 77.3 Å². The third-order valence-corrected chi connectivity index (χ3v) is 14.5. The lowest BCUT2D eigenvalue weighted by atomic mass is 9.78. The number of amides is 2. The fourth-order valence-electron chi connectivity index (χ4n) is 10.1. The molecule has 3 aliphatic heterocycles. The monoisotopic (exact) mass is 1010 g/mol. The second-order valence-corrected chi connectivity index (χ2v) is 20.5.